The van der Waals surface area contributed by atoms with Gasteiger partial charge in [0, 0.05) is 5.56 Å². The molecule has 0 aliphatic carbocycles. The molecule has 1 heterocycles. The lowest BCUT2D eigenvalue weighted by atomic mass is 10.1. The van der Waals surface area contributed by atoms with E-state index in [2.05, 4.69) is 31.2 Å². The number of quaternary nitrogens is 2. The zero-order valence-corrected chi connectivity index (χ0v) is 13.8. The molecule has 0 amide bonds. The molecule has 1 aliphatic heterocycles. The van der Waals surface area contributed by atoms with Crippen molar-refractivity contribution in [2.45, 2.75) is 19.6 Å². The lowest BCUT2D eigenvalue weighted by Crippen LogP contribution is -3.25. The molecule has 0 spiro atoms. The Labute approximate surface area is 140 Å². The summed E-state index contributed by atoms with van der Waals surface area (Å²) in [5.41, 5.74) is 2.42. The van der Waals surface area contributed by atoms with Crippen LogP contribution < -0.4 is 9.80 Å². The molecule has 0 unspecified atom stereocenters. The Morgan fingerprint density at radius 1 is 0.875 bits per heavy atom. The average Bonchev–Trinajstić information content (AvgIpc) is 2.56. The Morgan fingerprint density at radius 3 is 2.12 bits per heavy atom. The minimum absolute atomic E-state index is 0.402. The first-order valence-electron chi connectivity index (χ1n) is 8.34. The molecule has 2 aromatic rings. The smallest absolute Gasteiger partial charge is 0.322 e. The van der Waals surface area contributed by atoms with Crippen LogP contribution in [0.5, 0.6) is 0 Å². The molecule has 3 rings (SSSR count). The summed E-state index contributed by atoms with van der Waals surface area (Å²) in [6.45, 7) is 6.18. The van der Waals surface area contributed by atoms with Gasteiger partial charge in [0.2, 0.25) is 0 Å². The van der Waals surface area contributed by atoms with Crippen LogP contribution in [0.4, 0.5) is 18.9 Å². The zero-order valence-electron chi connectivity index (χ0n) is 13.8. The highest BCUT2D eigenvalue weighted by Gasteiger charge is 2.34. The molecular formula is C19H23F3N2+2. The maximum atomic E-state index is 13.1. The SMILES string of the molecule is Cc1ccc([NH+]2CC[NH+](Cc3ccccc3C(F)(F)F)CC2)cc1. The van der Waals surface area contributed by atoms with Gasteiger partial charge in [-0.05, 0) is 25.1 Å². The predicted octanol–water partition coefficient (Wildman–Crippen LogP) is 1.63. The third-order valence-corrected chi connectivity index (χ3v) is 4.78. The van der Waals surface area contributed by atoms with Crippen molar-refractivity contribution in [2.75, 3.05) is 26.2 Å². The van der Waals surface area contributed by atoms with Crippen molar-refractivity contribution < 1.29 is 23.0 Å². The Morgan fingerprint density at radius 2 is 1.50 bits per heavy atom. The van der Waals surface area contributed by atoms with Crippen LogP contribution in [0.3, 0.4) is 0 Å². The number of halogens is 3. The van der Waals surface area contributed by atoms with E-state index in [0.29, 0.717) is 12.1 Å². The fraction of sp³-hybridized carbons (Fsp3) is 0.368. The molecule has 0 aromatic heterocycles. The second kappa shape index (κ2) is 6.95. The van der Waals surface area contributed by atoms with Crippen molar-refractivity contribution in [1.29, 1.82) is 0 Å². The average molecular weight is 336 g/mol. The quantitative estimate of drug-likeness (QED) is 0.843. The molecule has 1 aliphatic rings. The van der Waals surface area contributed by atoms with E-state index < -0.39 is 11.7 Å². The fourth-order valence-electron chi connectivity index (χ4n) is 3.38. The third kappa shape index (κ3) is 3.97. The summed E-state index contributed by atoms with van der Waals surface area (Å²) >= 11 is 0. The Balaban J connectivity index is 1.63. The molecule has 128 valence electrons. The number of aryl methyl sites for hydroxylation is 1. The zero-order chi connectivity index (χ0) is 17.2. The number of benzene rings is 2. The minimum atomic E-state index is -4.27. The topological polar surface area (TPSA) is 8.88 Å². The van der Waals surface area contributed by atoms with E-state index >= 15 is 0 Å². The Hall–Kier alpha value is -1.85. The molecule has 0 radical (unpaired) electrons. The second-order valence-corrected chi connectivity index (χ2v) is 6.55. The van der Waals surface area contributed by atoms with Gasteiger partial charge < -0.3 is 4.90 Å². The summed E-state index contributed by atoms with van der Waals surface area (Å²) < 4.78 is 39.3. The number of alkyl halides is 3. The van der Waals surface area contributed by atoms with Crippen molar-refractivity contribution in [3.63, 3.8) is 0 Å². The lowest BCUT2D eigenvalue weighted by Gasteiger charge is -2.30. The highest BCUT2D eigenvalue weighted by molar-refractivity contribution is 5.32. The van der Waals surface area contributed by atoms with Crippen LogP contribution in [-0.2, 0) is 12.7 Å². The highest BCUT2D eigenvalue weighted by atomic mass is 19.4. The van der Waals surface area contributed by atoms with Gasteiger partial charge in [-0.1, -0.05) is 35.9 Å². The summed E-state index contributed by atoms with van der Waals surface area (Å²) in [7, 11) is 0. The molecule has 2 aromatic carbocycles. The lowest BCUT2D eigenvalue weighted by molar-refractivity contribution is -0.994. The molecule has 0 bridgehead atoms. The van der Waals surface area contributed by atoms with Crippen LogP contribution in [0, 0.1) is 6.92 Å². The normalized spacial score (nSPS) is 21.7. The van der Waals surface area contributed by atoms with Crippen molar-refractivity contribution in [2.24, 2.45) is 0 Å². The van der Waals surface area contributed by atoms with Gasteiger partial charge in [-0.3, -0.25) is 4.90 Å². The molecule has 1 fully saturated rings. The monoisotopic (exact) mass is 336 g/mol. The standard InChI is InChI=1S/C19H21F3N2/c1-15-6-8-17(9-7-15)24-12-10-23(11-13-24)14-16-4-2-3-5-18(16)19(20,21)22/h2-9H,10-14H2,1H3/p+2. The third-order valence-electron chi connectivity index (χ3n) is 4.78. The number of nitrogens with one attached hydrogen (secondary N) is 2. The van der Waals surface area contributed by atoms with E-state index in [1.54, 1.807) is 12.1 Å². The fourth-order valence-corrected chi connectivity index (χ4v) is 3.38. The maximum absolute atomic E-state index is 13.1. The second-order valence-electron chi connectivity index (χ2n) is 6.55. The van der Waals surface area contributed by atoms with Crippen molar-refractivity contribution in [3.05, 3.63) is 65.2 Å². The van der Waals surface area contributed by atoms with Crippen LogP contribution in [0.2, 0.25) is 0 Å². The van der Waals surface area contributed by atoms with Gasteiger partial charge in [0.1, 0.15) is 38.4 Å². The first kappa shape index (κ1) is 17.0. The van der Waals surface area contributed by atoms with Crippen LogP contribution in [-0.4, -0.2) is 26.2 Å². The number of rotatable bonds is 3. The van der Waals surface area contributed by atoms with E-state index in [1.165, 1.54) is 33.2 Å². The number of hydrogen-bond acceptors (Lipinski definition) is 0. The minimum Gasteiger partial charge on any atom is -0.322 e. The van der Waals surface area contributed by atoms with E-state index in [4.69, 9.17) is 0 Å². The molecule has 2 N–H and O–H groups in total. The van der Waals surface area contributed by atoms with Gasteiger partial charge >= 0.3 is 6.18 Å². The molecule has 5 heteroatoms. The first-order valence-corrected chi connectivity index (χ1v) is 8.34. The van der Waals surface area contributed by atoms with Crippen LogP contribution >= 0.6 is 0 Å². The van der Waals surface area contributed by atoms with E-state index in [0.717, 1.165) is 26.2 Å². The van der Waals surface area contributed by atoms with Crippen molar-refractivity contribution >= 4 is 5.69 Å². The van der Waals surface area contributed by atoms with Gasteiger partial charge in [-0.2, -0.15) is 13.2 Å². The first-order chi connectivity index (χ1) is 11.4. The maximum Gasteiger partial charge on any atom is 0.416 e. The largest absolute Gasteiger partial charge is 0.416 e. The predicted molar refractivity (Wildman–Crippen MR) is 87.4 cm³/mol. The molecule has 1 saturated heterocycles. The number of hydrogen-bond donors (Lipinski definition) is 2. The van der Waals surface area contributed by atoms with Gasteiger partial charge in [-0.15, -0.1) is 0 Å². The summed E-state index contributed by atoms with van der Waals surface area (Å²) in [5.74, 6) is 0. The molecule has 0 saturated carbocycles. The van der Waals surface area contributed by atoms with E-state index in [1.807, 2.05) is 0 Å². The van der Waals surface area contributed by atoms with Crippen molar-refractivity contribution in [1.82, 2.24) is 0 Å². The summed E-state index contributed by atoms with van der Waals surface area (Å²) in [4.78, 5) is 2.64. The van der Waals surface area contributed by atoms with E-state index in [-0.39, 0.29) is 0 Å². The summed E-state index contributed by atoms with van der Waals surface area (Å²) in [6, 6.07) is 14.5. The van der Waals surface area contributed by atoms with Gasteiger partial charge in [0.25, 0.3) is 0 Å². The van der Waals surface area contributed by atoms with Crippen LogP contribution in [0.25, 0.3) is 0 Å². The Bertz CT molecular complexity index is 672. The van der Waals surface area contributed by atoms with Crippen molar-refractivity contribution in [3.8, 4) is 0 Å². The molecular weight excluding hydrogens is 313 g/mol. The van der Waals surface area contributed by atoms with Crippen LogP contribution in [0.15, 0.2) is 48.5 Å². The van der Waals surface area contributed by atoms with Gasteiger partial charge in [0.05, 0.1) is 5.56 Å². The molecule has 0 atom stereocenters. The number of piperazine rings is 1. The van der Waals surface area contributed by atoms with E-state index in [9.17, 15) is 13.2 Å². The van der Waals surface area contributed by atoms with Gasteiger partial charge in [-0.25, -0.2) is 0 Å². The highest BCUT2D eigenvalue weighted by Crippen LogP contribution is 2.31. The van der Waals surface area contributed by atoms with Gasteiger partial charge in [0.15, 0.2) is 0 Å². The summed E-state index contributed by atoms with van der Waals surface area (Å²) in [5, 5.41) is 0. The molecule has 2 nitrogen and oxygen atoms in total. The van der Waals surface area contributed by atoms with Crippen LogP contribution in [0.1, 0.15) is 16.7 Å². The molecule has 24 heavy (non-hydrogen) atoms. The summed E-state index contributed by atoms with van der Waals surface area (Å²) in [6.07, 6.45) is -4.27. The Kier molecular flexibility index (Phi) is 4.92.